The Balaban J connectivity index is 1.35. The van der Waals surface area contributed by atoms with E-state index in [4.69, 9.17) is 21.3 Å². The van der Waals surface area contributed by atoms with Crippen molar-refractivity contribution in [1.29, 1.82) is 0 Å². The van der Waals surface area contributed by atoms with Crippen molar-refractivity contribution in [3.8, 4) is 5.75 Å². The third-order valence-electron chi connectivity index (χ3n) is 6.38. The summed E-state index contributed by atoms with van der Waals surface area (Å²) in [6.07, 6.45) is 7.89. The molecule has 2 aromatic heterocycles. The summed E-state index contributed by atoms with van der Waals surface area (Å²) in [6.45, 7) is 2.41. The summed E-state index contributed by atoms with van der Waals surface area (Å²) in [4.78, 5) is 29.2. The van der Waals surface area contributed by atoms with E-state index in [0.29, 0.717) is 23.0 Å². The molecule has 1 N–H and O–H groups in total. The minimum absolute atomic E-state index is 0.0122. The van der Waals surface area contributed by atoms with Crippen LogP contribution in [0.1, 0.15) is 37.9 Å². The highest BCUT2D eigenvalue weighted by Gasteiger charge is 2.29. The van der Waals surface area contributed by atoms with Crippen molar-refractivity contribution >= 4 is 40.2 Å². The number of carbonyl (C=O) groups is 1. The Hall–Kier alpha value is -2.87. The fourth-order valence-electron chi connectivity index (χ4n) is 4.73. The Bertz CT molecular complexity index is 1150. The van der Waals surface area contributed by atoms with Gasteiger partial charge in [0.2, 0.25) is 5.91 Å². The molecule has 32 heavy (non-hydrogen) atoms. The summed E-state index contributed by atoms with van der Waals surface area (Å²) in [5.74, 6) is 2.36. The van der Waals surface area contributed by atoms with E-state index in [9.17, 15) is 4.79 Å². The Labute approximate surface area is 192 Å². The summed E-state index contributed by atoms with van der Waals surface area (Å²) < 4.78 is 7.43. The maximum Gasteiger partial charge on any atom is 0.229 e. The van der Waals surface area contributed by atoms with Crippen LogP contribution in [-0.4, -0.2) is 45.6 Å². The first-order chi connectivity index (χ1) is 15.6. The van der Waals surface area contributed by atoms with Gasteiger partial charge in [0.1, 0.15) is 17.9 Å². The molecule has 168 valence electrons. The van der Waals surface area contributed by atoms with Crippen molar-refractivity contribution in [1.82, 2.24) is 19.5 Å². The number of amides is 1. The van der Waals surface area contributed by atoms with Gasteiger partial charge in [-0.3, -0.25) is 4.79 Å². The van der Waals surface area contributed by atoms with Crippen LogP contribution in [0.25, 0.3) is 11.2 Å². The van der Waals surface area contributed by atoms with Crippen LogP contribution >= 0.6 is 11.6 Å². The molecule has 9 heteroatoms. The van der Waals surface area contributed by atoms with Crippen LogP contribution in [0.3, 0.4) is 0 Å². The Morgan fingerprint density at radius 3 is 2.94 bits per heavy atom. The first-order valence-corrected chi connectivity index (χ1v) is 11.6. The zero-order valence-corrected chi connectivity index (χ0v) is 18.9. The molecule has 3 aromatic rings. The van der Waals surface area contributed by atoms with E-state index in [0.717, 1.165) is 68.0 Å². The number of aromatic nitrogens is 4. The molecule has 1 aromatic carbocycles. The lowest BCUT2D eigenvalue weighted by Gasteiger charge is -2.32. The average molecular weight is 455 g/mol. The van der Waals surface area contributed by atoms with E-state index in [1.807, 2.05) is 0 Å². The number of imidazole rings is 1. The number of methoxy groups -OCH3 is 1. The lowest BCUT2D eigenvalue weighted by Crippen LogP contribution is -2.41. The number of nitrogens with one attached hydrogen (secondary N) is 1. The summed E-state index contributed by atoms with van der Waals surface area (Å²) in [7, 11) is 1.57. The van der Waals surface area contributed by atoms with Crippen LogP contribution in [0.4, 0.5) is 11.5 Å². The van der Waals surface area contributed by atoms with Gasteiger partial charge in [0, 0.05) is 31.7 Å². The molecular formula is C23H27ClN6O2. The normalized spacial score (nSPS) is 18.8. The molecule has 5 rings (SSSR count). The molecular weight excluding hydrogens is 428 g/mol. The number of rotatable bonds is 4. The SMILES string of the molecule is COc1ccc(NC(=O)[C@@H]2CCCN(c3ncnc4c3nc3n4CCCCC3)C2)cc1Cl. The number of fused-ring (bicyclic) bond motifs is 3. The van der Waals surface area contributed by atoms with E-state index in [-0.39, 0.29) is 11.8 Å². The first-order valence-electron chi connectivity index (χ1n) is 11.2. The molecule has 1 saturated heterocycles. The molecule has 0 aliphatic carbocycles. The standard InChI is InChI=1S/C23H27ClN6O2/c1-32-18-9-8-16(12-17(18)24)27-23(31)15-6-5-10-29(13-15)21-20-22(26-14-25-21)30-11-4-2-3-7-19(30)28-20/h8-9,12,14-15H,2-7,10-11,13H2,1H3,(H,27,31)/t15-/m1/s1. The third kappa shape index (κ3) is 3.99. The molecule has 0 saturated carbocycles. The Morgan fingerprint density at radius 2 is 2.09 bits per heavy atom. The molecule has 8 nitrogen and oxygen atoms in total. The molecule has 1 fully saturated rings. The van der Waals surface area contributed by atoms with Crippen LogP contribution in [0, 0.1) is 5.92 Å². The van der Waals surface area contributed by atoms with Gasteiger partial charge < -0.3 is 19.5 Å². The van der Waals surface area contributed by atoms with Crippen LogP contribution < -0.4 is 15.0 Å². The van der Waals surface area contributed by atoms with E-state index in [1.54, 1.807) is 31.6 Å². The lowest BCUT2D eigenvalue weighted by atomic mass is 9.97. The van der Waals surface area contributed by atoms with Crippen molar-refractivity contribution in [2.24, 2.45) is 5.92 Å². The lowest BCUT2D eigenvalue weighted by molar-refractivity contribution is -0.120. The van der Waals surface area contributed by atoms with Crippen molar-refractivity contribution in [3.05, 3.63) is 35.4 Å². The number of piperidine rings is 1. The van der Waals surface area contributed by atoms with Crippen LogP contribution in [-0.2, 0) is 17.8 Å². The number of aryl methyl sites for hydroxylation is 2. The quantitative estimate of drug-likeness (QED) is 0.639. The zero-order chi connectivity index (χ0) is 22.1. The fourth-order valence-corrected chi connectivity index (χ4v) is 4.99. The molecule has 2 aliphatic heterocycles. The van der Waals surface area contributed by atoms with Crippen molar-refractivity contribution in [2.75, 3.05) is 30.4 Å². The molecule has 0 spiro atoms. The van der Waals surface area contributed by atoms with Gasteiger partial charge in [-0.15, -0.1) is 0 Å². The van der Waals surface area contributed by atoms with Gasteiger partial charge in [-0.2, -0.15) is 0 Å². The monoisotopic (exact) mass is 454 g/mol. The number of anilines is 2. The predicted octanol–water partition coefficient (Wildman–Crippen LogP) is 4.07. The second kappa shape index (κ2) is 8.94. The summed E-state index contributed by atoms with van der Waals surface area (Å²) in [5, 5.41) is 3.47. The average Bonchev–Trinajstić information content (AvgIpc) is 3.00. The number of carbonyl (C=O) groups excluding carboxylic acids is 1. The van der Waals surface area contributed by atoms with Crippen LogP contribution in [0.5, 0.6) is 5.75 Å². The minimum atomic E-state index is -0.143. The summed E-state index contributed by atoms with van der Waals surface area (Å²) in [6, 6.07) is 5.27. The van der Waals surface area contributed by atoms with Gasteiger partial charge in [-0.05, 0) is 43.9 Å². The fraction of sp³-hybridized carbons (Fsp3) is 0.478. The smallest absolute Gasteiger partial charge is 0.229 e. The number of hydrogen-bond donors (Lipinski definition) is 1. The second-order valence-electron chi connectivity index (χ2n) is 8.48. The molecule has 0 bridgehead atoms. The van der Waals surface area contributed by atoms with Gasteiger partial charge in [-0.25, -0.2) is 15.0 Å². The molecule has 1 atom stereocenters. The van der Waals surface area contributed by atoms with Crippen LogP contribution in [0.2, 0.25) is 5.02 Å². The number of benzene rings is 1. The molecule has 0 unspecified atom stereocenters. The van der Waals surface area contributed by atoms with Crippen molar-refractivity contribution in [3.63, 3.8) is 0 Å². The van der Waals surface area contributed by atoms with E-state index in [1.165, 1.54) is 6.42 Å². The largest absolute Gasteiger partial charge is 0.495 e. The van der Waals surface area contributed by atoms with Crippen LogP contribution in [0.15, 0.2) is 24.5 Å². The third-order valence-corrected chi connectivity index (χ3v) is 6.68. The number of nitrogens with zero attached hydrogens (tertiary/aromatic N) is 5. The number of hydrogen-bond acceptors (Lipinski definition) is 6. The second-order valence-corrected chi connectivity index (χ2v) is 8.89. The van der Waals surface area contributed by atoms with Gasteiger partial charge in [0.25, 0.3) is 0 Å². The molecule has 1 amide bonds. The molecule has 4 heterocycles. The Kier molecular flexibility index (Phi) is 5.87. The molecule has 2 aliphatic rings. The highest BCUT2D eigenvalue weighted by Crippen LogP contribution is 2.31. The maximum atomic E-state index is 13.0. The van der Waals surface area contributed by atoms with Gasteiger partial charge in [-0.1, -0.05) is 18.0 Å². The summed E-state index contributed by atoms with van der Waals surface area (Å²) >= 11 is 6.20. The Morgan fingerprint density at radius 1 is 1.19 bits per heavy atom. The number of halogens is 1. The van der Waals surface area contributed by atoms with E-state index < -0.39 is 0 Å². The van der Waals surface area contributed by atoms with E-state index in [2.05, 4.69) is 24.8 Å². The van der Waals surface area contributed by atoms with Gasteiger partial charge in [0.15, 0.2) is 17.0 Å². The van der Waals surface area contributed by atoms with Crippen molar-refractivity contribution in [2.45, 2.75) is 45.1 Å². The summed E-state index contributed by atoms with van der Waals surface area (Å²) in [5.41, 5.74) is 2.43. The zero-order valence-electron chi connectivity index (χ0n) is 18.2. The molecule has 0 radical (unpaired) electrons. The van der Waals surface area contributed by atoms with E-state index >= 15 is 0 Å². The maximum absolute atomic E-state index is 13.0. The first kappa shape index (κ1) is 21.0. The predicted molar refractivity (Wildman–Crippen MR) is 124 cm³/mol. The highest BCUT2D eigenvalue weighted by molar-refractivity contribution is 6.32. The van der Waals surface area contributed by atoms with Gasteiger partial charge >= 0.3 is 0 Å². The van der Waals surface area contributed by atoms with Gasteiger partial charge in [0.05, 0.1) is 18.1 Å². The number of ether oxygens (including phenoxy) is 1. The highest BCUT2D eigenvalue weighted by atomic mass is 35.5. The topological polar surface area (TPSA) is 85.2 Å². The minimum Gasteiger partial charge on any atom is -0.495 e. The van der Waals surface area contributed by atoms with Crippen molar-refractivity contribution < 1.29 is 9.53 Å².